The number of hydrogen-bond donors (Lipinski definition) is 2. The van der Waals surface area contributed by atoms with Crippen molar-refractivity contribution < 1.29 is 4.74 Å². The van der Waals surface area contributed by atoms with Crippen LogP contribution in [0.25, 0.3) is 0 Å². The van der Waals surface area contributed by atoms with E-state index in [1.807, 2.05) is 0 Å². The maximum Gasteiger partial charge on any atom is 0.0587 e. The van der Waals surface area contributed by atoms with Gasteiger partial charge in [-0.1, -0.05) is 19.8 Å². The number of rotatable bonds is 11. The molecule has 0 atom stereocenters. The molecule has 14 heavy (non-hydrogen) atoms. The van der Waals surface area contributed by atoms with E-state index in [2.05, 4.69) is 17.6 Å². The van der Waals surface area contributed by atoms with Crippen LogP contribution in [0.5, 0.6) is 0 Å². The molecule has 3 nitrogen and oxygen atoms in total. The Morgan fingerprint density at radius 1 is 0.857 bits per heavy atom. The summed E-state index contributed by atoms with van der Waals surface area (Å²) in [6.07, 6.45) is 5.17. The molecule has 3 heteroatoms. The minimum Gasteiger partial charge on any atom is -0.383 e. The highest BCUT2D eigenvalue weighted by molar-refractivity contribution is 4.51. The fourth-order valence-corrected chi connectivity index (χ4v) is 1.26. The highest BCUT2D eigenvalue weighted by Gasteiger charge is 1.89. The van der Waals surface area contributed by atoms with E-state index >= 15 is 0 Å². The second kappa shape index (κ2) is 12.9. The maximum atomic E-state index is 4.94. The Bertz CT molecular complexity index is 87.3. The molecule has 0 saturated carbocycles. The first-order chi connectivity index (χ1) is 6.91. The highest BCUT2D eigenvalue weighted by atomic mass is 16.5. The van der Waals surface area contributed by atoms with Gasteiger partial charge in [-0.15, -0.1) is 0 Å². The lowest BCUT2D eigenvalue weighted by Crippen LogP contribution is -2.24. The van der Waals surface area contributed by atoms with Gasteiger partial charge in [0.2, 0.25) is 0 Å². The van der Waals surface area contributed by atoms with Gasteiger partial charge >= 0.3 is 0 Å². The van der Waals surface area contributed by atoms with E-state index in [4.69, 9.17) is 4.74 Å². The summed E-state index contributed by atoms with van der Waals surface area (Å²) in [5.41, 5.74) is 0. The SMILES string of the molecule is CCCCCNCCCNCCOC. The van der Waals surface area contributed by atoms with Crippen molar-refractivity contribution in [1.29, 1.82) is 0 Å². The Kier molecular flexibility index (Phi) is 12.8. The lowest BCUT2D eigenvalue weighted by molar-refractivity contribution is 0.199. The van der Waals surface area contributed by atoms with Crippen LogP contribution >= 0.6 is 0 Å². The molecule has 0 bridgehead atoms. The van der Waals surface area contributed by atoms with Crippen LogP contribution in [0.3, 0.4) is 0 Å². The molecule has 0 aliphatic carbocycles. The Hall–Kier alpha value is -0.120. The van der Waals surface area contributed by atoms with E-state index in [-0.39, 0.29) is 0 Å². The largest absolute Gasteiger partial charge is 0.383 e. The maximum absolute atomic E-state index is 4.94. The van der Waals surface area contributed by atoms with Gasteiger partial charge in [-0.2, -0.15) is 0 Å². The van der Waals surface area contributed by atoms with Crippen molar-refractivity contribution in [2.45, 2.75) is 32.6 Å². The molecule has 0 rings (SSSR count). The number of nitrogens with one attached hydrogen (secondary N) is 2. The van der Waals surface area contributed by atoms with E-state index in [0.717, 1.165) is 26.2 Å². The first-order valence-corrected chi connectivity index (χ1v) is 5.82. The number of methoxy groups -OCH3 is 1. The molecule has 86 valence electrons. The van der Waals surface area contributed by atoms with Crippen LogP contribution in [0, 0.1) is 0 Å². The summed E-state index contributed by atoms with van der Waals surface area (Å²) in [5, 5.41) is 6.76. The molecule has 0 spiro atoms. The number of unbranched alkanes of at least 4 members (excludes halogenated alkanes) is 2. The van der Waals surface area contributed by atoms with Crippen molar-refractivity contribution in [1.82, 2.24) is 10.6 Å². The van der Waals surface area contributed by atoms with E-state index < -0.39 is 0 Å². The van der Waals surface area contributed by atoms with Crippen LogP contribution in [0.2, 0.25) is 0 Å². The summed E-state index contributed by atoms with van der Waals surface area (Å²) in [7, 11) is 1.73. The second-order valence-electron chi connectivity index (χ2n) is 3.55. The smallest absolute Gasteiger partial charge is 0.0587 e. The zero-order chi connectivity index (χ0) is 10.5. The van der Waals surface area contributed by atoms with Crippen LogP contribution < -0.4 is 10.6 Å². The molecule has 0 aromatic rings. The number of hydrogen-bond acceptors (Lipinski definition) is 3. The van der Waals surface area contributed by atoms with Gasteiger partial charge < -0.3 is 15.4 Å². The van der Waals surface area contributed by atoms with Crippen molar-refractivity contribution in [2.75, 3.05) is 39.9 Å². The van der Waals surface area contributed by atoms with Crippen molar-refractivity contribution in [3.8, 4) is 0 Å². The molecule has 0 aromatic heterocycles. The molecule has 0 radical (unpaired) electrons. The molecule has 0 aliphatic rings. The van der Waals surface area contributed by atoms with E-state index in [9.17, 15) is 0 Å². The van der Waals surface area contributed by atoms with Gasteiger partial charge in [-0.05, 0) is 32.5 Å². The lowest BCUT2D eigenvalue weighted by atomic mass is 10.2. The molecule has 0 amide bonds. The summed E-state index contributed by atoms with van der Waals surface area (Å²) in [4.78, 5) is 0. The summed E-state index contributed by atoms with van der Waals surface area (Å²) >= 11 is 0. The van der Waals surface area contributed by atoms with Gasteiger partial charge in [0.15, 0.2) is 0 Å². The standard InChI is InChI=1S/C11H26N2O/c1-3-4-5-7-12-8-6-9-13-10-11-14-2/h12-13H,3-11H2,1-2H3. The summed E-state index contributed by atoms with van der Waals surface area (Å²) < 4.78 is 4.94. The third-order valence-corrected chi connectivity index (χ3v) is 2.15. The van der Waals surface area contributed by atoms with Gasteiger partial charge in [0.25, 0.3) is 0 Å². The van der Waals surface area contributed by atoms with Crippen molar-refractivity contribution in [2.24, 2.45) is 0 Å². The van der Waals surface area contributed by atoms with Gasteiger partial charge in [0.1, 0.15) is 0 Å². The van der Waals surface area contributed by atoms with E-state index in [0.29, 0.717) is 0 Å². The Labute approximate surface area is 88.6 Å². The molecular weight excluding hydrogens is 176 g/mol. The third kappa shape index (κ3) is 11.9. The van der Waals surface area contributed by atoms with Crippen LogP contribution in [0.15, 0.2) is 0 Å². The zero-order valence-corrected chi connectivity index (χ0v) is 9.77. The van der Waals surface area contributed by atoms with Gasteiger partial charge in [0.05, 0.1) is 6.61 Å². The second-order valence-corrected chi connectivity index (χ2v) is 3.55. The minimum atomic E-state index is 0.809. The topological polar surface area (TPSA) is 33.3 Å². The fourth-order valence-electron chi connectivity index (χ4n) is 1.26. The lowest BCUT2D eigenvalue weighted by Gasteiger charge is -2.05. The molecule has 2 N–H and O–H groups in total. The summed E-state index contributed by atoms with van der Waals surface area (Å²) in [6.45, 7) is 7.40. The molecule has 0 heterocycles. The predicted octanol–water partition coefficient (Wildman–Crippen LogP) is 1.39. The molecule has 0 fully saturated rings. The van der Waals surface area contributed by atoms with Gasteiger partial charge in [0, 0.05) is 13.7 Å². The molecule has 0 unspecified atom stereocenters. The van der Waals surface area contributed by atoms with Crippen molar-refractivity contribution in [3.63, 3.8) is 0 Å². The summed E-state index contributed by atoms with van der Waals surface area (Å²) in [5.74, 6) is 0. The monoisotopic (exact) mass is 202 g/mol. The van der Waals surface area contributed by atoms with Gasteiger partial charge in [-0.3, -0.25) is 0 Å². The van der Waals surface area contributed by atoms with Gasteiger partial charge in [-0.25, -0.2) is 0 Å². The molecular formula is C11H26N2O. The van der Waals surface area contributed by atoms with Crippen LogP contribution in [-0.2, 0) is 4.74 Å². The van der Waals surface area contributed by atoms with E-state index in [1.54, 1.807) is 7.11 Å². The molecule has 0 saturated heterocycles. The average Bonchev–Trinajstić information content (AvgIpc) is 2.21. The normalized spacial score (nSPS) is 10.7. The average molecular weight is 202 g/mol. The number of ether oxygens (including phenoxy) is 1. The van der Waals surface area contributed by atoms with E-state index in [1.165, 1.54) is 32.2 Å². The van der Waals surface area contributed by atoms with Crippen molar-refractivity contribution >= 4 is 0 Å². The van der Waals surface area contributed by atoms with Crippen LogP contribution in [0.4, 0.5) is 0 Å². The minimum absolute atomic E-state index is 0.809. The summed E-state index contributed by atoms with van der Waals surface area (Å²) in [6, 6.07) is 0. The quantitative estimate of drug-likeness (QED) is 0.497. The Morgan fingerprint density at radius 2 is 1.50 bits per heavy atom. The molecule has 0 aliphatic heterocycles. The predicted molar refractivity (Wildman–Crippen MR) is 61.8 cm³/mol. The molecule has 0 aromatic carbocycles. The Morgan fingerprint density at radius 3 is 2.14 bits per heavy atom. The van der Waals surface area contributed by atoms with Crippen molar-refractivity contribution in [3.05, 3.63) is 0 Å². The Balaban J connectivity index is 2.78. The van der Waals surface area contributed by atoms with Crippen LogP contribution in [0.1, 0.15) is 32.6 Å². The zero-order valence-electron chi connectivity index (χ0n) is 9.77. The first kappa shape index (κ1) is 13.9. The van der Waals surface area contributed by atoms with Crippen LogP contribution in [-0.4, -0.2) is 39.9 Å². The highest BCUT2D eigenvalue weighted by Crippen LogP contribution is 1.90. The fraction of sp³-hybridized carbons (Fsp3) is 1.00. The third-order valence-electron chi connectivity index (χ3n) is 2.15. The first-order valence-electron chi connectivity index (χ1n) is 5.82.